The van der Waals surface area contributed by atoms with Gasteiger partial charge >= 0.3 is 0 Å². The molecule has 1 aliphatic rings. The molecule has 0 spiro atoms. The zero-order chi connectivity index (χ0) is 11.4. The average Bonchev–Trinajstić information content (AvgIpc) is 2.76. The van der Waals surface area contributed by atoms with Gasteiger partial charge in [-0.2, -0.15) is 0 Å². The van der Waals surface area contributed by atoms with Gasteiger partial charge in [0.25, 0.3) is 0 Å². The van der Waals surface area contributed by atoms with Crippen molar-refractivity contribution in [3.05, 3.63) is 29.3 Å². The molecule has 0 radical (unpaired) electrons. The van der Waals surface area contributed by atoms with Gasteiger partial charge in [0.1, 0.15) is 5.75 Å². The van der Waals surface area contributed by atoms with Gasteiger partial charge in [-0.15, -0.1) is 0 Å². The van der Waals surface area contributed by atoms with Crippen molar-refractivity contribution in [1.29, 1.82) is 0 Å². The maximum atomic E-state index is 5.71. The van der Waals surface area contributed by atoms with Gasteiger partial charge in [-0.05, 0) is 12.1 Å². The highest BCUT2D eigenvalue weighted by Crippen LogP contribution is 2.33. The van der Waals surface area contributed by atoms with Crippen LogP contribution in [0.25, 0.3) is 0 Å². The van der Waals surface area contributed by atoms with Gasteiger partial charge in [0.15, 0.2) is 0 Å². The van der Waals surface area contributed by atoms with Crippen LogP contribution in [0.1, 0.15) is 24.1 Å². The van der Waals surface area contributed by atoms with E-state index in [-0.39, 0.29) is 6.04 Å². The van der Waals surface area contributed by atoms with E-state index in [0.717, 1.165) is 25.3 Å². The zero-order valence-corrected chi connectivity index (χ0v) is 9.95. The molecule has 0 aromatic heterocycles. The number of para-hydroxylation sites is 1. The summed E-state index contributed by atoms with van der Waals surface area (Å²) in [6.45, 7) is 4.51. The highest BCUT2D eigenvalue weighted by molar-refractivity contribution is 5.45. The van der Waals surface area contributed by atoms with Gasteiger partial charge in [0.05, 0.1) is 19.3 Å². The number of rotatable bonds is 5. The second kappa shape index (κ2) is 5.32. The van der Waals surface area contributed by atoms with Gasteiger partial charge in [-0.3, -0.25) is 0 Å². The summed E-state index contributed by atoms with van der Waals surface area (Å²) in [6, 6.07) is 6.59. The number of hydrogen-bond donors (Lipinski definition) is 1. The van der Waals surface area contributed by atoms with E-state index in [2.05, 4.69) is 30.4 Å². The lowest BCUT2D eigenvalue weighted by molar-refractivity contribution is 0.166. The molecule has 1 atom stereocenters. The first-order valence-corrected chi connectivity index (χ1v) is 5.83. The fourth-order valence-corrected chi connectivity index (χ4v) is 2.19. The fraction of sp³-hybridized carbons (Fsp3) is 0.538. The van der Waals surface area contributed by atoms with Crippen molar-refractivity contribution in [2.24, 2.45) is 0 Å². The monoisotopic (exact) mass is 221 g/mol. The normalized spacial score (nSPS) is 15.6. The lowest BCUT2D eigenvalue weighted by Gasteiger charge is -2.19. The van der Waals surface area contributed by atoms with E-state index in [0.29, 0.717) is 6.61 Å². The van der Waals surface area contributed by atoms with Crippen molar-refractivity contribution < 1.29 is 9.47 Å². The van der Waals surface area contributed by atoms with Crippen LogP contribution in [0.15, 0.2) is 18.2 Å². The molecule has 0 saturated heterocycles. The van der Waals surface area contributed by atoms with E-state index in [1.165, 1.54) is 11.1 Å². The number of ether oxygens (including phenoxy) is 2. The molecule has 0 amide bonds. The van der Waals surface area contributed by atoms with Crippen LogP contribution >= 0.6 is 0 Å². The Morgan fingerprint density at radius 3 is 3.12 bits per heavy atom. The van der Waals surface area contributed by atoms with Crippen LogP contribution in [-0.4, -0.2) is 26.9 Å². The van der Waals surface area contributed by atoms with Crippen LogP contribution in [0.3, 0.4) is 0 Å². The van der Waals surface area contributed by atoms with Gasteiger partial charge in [0, 0.05) is 19.1 Å². The van der Waals surface area contributed by atoms with Crippen molar-refractivity contribution in [2.45, 2.75) is 19.4 Å². The Morgan fingerprint density at radius 1 is 1.50 bits per heavy atom. The molecule has 16 heavy (non-hydrogen) atoms. The van der Waals surface area contributed by atoms with Crippen molar-refractivity contribution in [1.82, 2.24) is 5.32 Å². The first-order chi connectivity index (χ1) is 7.86. The molecule has 0 saturated carbocycles. The number of nitrogens with one attached hydrogen (secondary N) is 1. The summed E-state index contributed by atoms with van der Waals surface area (Å²) in [7, 11) is 1.73. The molecule has 1 aliphatic heterocycles. The Labute approximate surface area is 96.8 Å². The Hall–Kier alpha value is -1.06. The Balaban J connectivity index is 2.26. The Kier molecular flexibility index (Phi) is 3.80. The van der Waals surface area contributed by atoms with Crippen molar-refractivity contribution in [3.63, 3.8) is 0 Å². The van der Waals surface area contributed by atoms with Crippen molar-refractivity contribution in [2.75, 3.05) is 26.9 Å². The van der Waals surface area contributed by atoms with E-state index in [1.807, 2.05) is 0 Å². The Bertz CT molecular complexity index is 346. The maximum Gasteiger partial charge on any atom is 0.127 e. The van der Waals surface area contributed by atoms with Crippen molar-refractivity contribution in [3.8, 4) is 5.75 Å². The van der Waals surface area contributed by atoms with E-state index < -0.39 is 0 Å². The third kappa shape index (κ3) is 2.20. The standard InChI is InChI=1S/C13H19NO2/c1-3-14-12(9-15-2)11-6-4-5-10-7-8-16-13(10)11/h4-6,12,14H,3,7-9H2,1-2H3. The first kappa shape index (κ1) is 11.4. The molecular weight excluding hydrogens is 202 g/mol. The second-order valence-electron chi connectivity index (χ2n) is 4.00. The molecule has 3 heteroatoms. The summed E-state index contributed by atoms with van der Waals surface area (Å²) in [5.41, 5.74) is 2.54. The maximum absolute atomic E-state index is 5.71. The molecule has 1 N–H and O–H groups in total. The summed E-state index contributed by atoms with van der Waals surface area (Å²) in [5.74, 6) is 1.06. The van der Waals surface area contributed by atoms with Crippen LogP contribution in [0.2, 0.25) is 0 Å². The van der Waals surface area contributed by atoms with Crippen LogP contribution in [-0.2, 0) is 11.2 Å². The zero-order valence-electron chi connectivity index (χ0n) is 9.95. The molecule has 1 aromatic carbocycles. The minimum absolute atomic E-state index is 0.225. The molecule has 2 rings (SSSR count). The third-order valence-electron chi connectivity index (χ3n) is 2.90. The number of benzene rings is 1. The van der Waals surface area contributed by atoms with E-state index >= 15 is 0 Å². The lowest BCUT2D eigenvalue weighted by atomic mass is 10.0. The van der Waals surface area contributed by atoms with E-state index in [1.54, 1.807) is 7.11 Å². The number of fused-ring (bicyclic) bond motifs is 1. The topological polar surface area (TPSA) is 30.5 Å². The largest absolute Gasteiger partial charge is 0.493 e. The van der Waals surface area contributed by atoms with Gasteiger partial charge in [-0.25, -0.2) is 0 Å². The molecule has 1 aromatic rings. The third-order valence-corrected chi connectivity index (χ3v) is 2.90. The predicted octanol–water partition coefficient (Wildman–Crippen LogP) is 1.92. The molecule has 1 heterocycles. The summed E-state index contributed by atoms with van der Waals surface area (Å²) in [4.78, 5) is 0. The van der Waals surface area contributed by atoms with Gasteiger partial charge in [-0.1, -0.05) is 25.1 Å². The quantitative estimate of drug-likeness (QED) is 0.824. The highest BCUT2D eigenvalue weighted by atomic mass is 16.5. The fourth-order valence-electron chi connectivity index (χ4n) is 2.19. The summed E-state index contributed by atoms with van der Waals surface area (Å²) < 4.78 is 11.0. The molecule has 3 nitrogen and oxygen atoms in total. The van der Waals surface area contributed by atoms with E-state index in [9.17, 15) is 0 Å². The minimum atomic E-state index is 0.225. The van der Waals surface area contributed by atoms with Gasteiger partial charge in [0.2, 0.25) is 0 Å². The molecule has 1 unspecified atom stereocenters. The SMILES string of the molecule is CCNC(COC)c1cccc2c1OCC2. The summed E-state index contributed by atoms with van der Waals surface area (Å²) in [6.07, 6.45) is 1.02. The highest BCUT2D eigenvalue weighted by Gasteiger charge is 2.21. The summed E-state index contributed by atoms with van der Waals surface area (Å²) in [5, 5.41) is 3.42. The Morgan fingerprint density at radius 2 is 2.38 bits per heavy atom. The smallest absolute Gasteiger partial charge is 0.127 e. The molecule has 0 fully saturated rings. The van der Waals surface area contributed by atoms with Crippen LogP contribution in [0.5, 0.6) is 5.75 Å². The van der Waals surface area contributed by atoms with Crippen molar-refractivity contribution >= 4 is 0 Å². The van der Waals surface area contributed by atoms with Crippen LogP contribution < -0.4 is 10.1 Å². The predicted molar refractivity (Wildman–Crippen MR) is 63.9 cm³/mol. The summed E-state index contributed by atoms with van der Waals surface area (Å²) >= 11 is 0. The van der Waals surface area contributed by atoms with Crippen LogP contribution in [0.4, 0.5) is 0 Å². The molecule has 88 valence electrons. The lowest BCUT2D eigenvalue weighted by Crippen LogP contribution is -2.25. The second-order valence-corrected chi connectivity index (χ2v) is 4.00. The number of likely N-dealkylation sites (N-methyl/N-ethyl adjacent to an activating group) is 1. The number of methoxy groups -OCH3 is 1. The van der Waals surface area contributed by atoms with E-state index in [4.69, 9.17) is 9.47 Å². The first-order valence-electron chi connectivity index (χ1n) is 5.83. The average molecular weight is 221 g/mol. The molecule has 0 aliphatic carbocycles. The molecular formula is C13H19NO2. The number of hydrogen-bond acceptors (Lipinski definition) is 3. The van der Waals surface area contributed by atoms with Crippen LogP contribution in [0, 0.1) is 0 Å². The minimum Gasteiger partial charge on any atom is -0.493 e. The van der Waals surface area contributed by atoms with Gasteiger partial charge < -0.3 is 14.8 Å². The molecule has 0 bridgehead atoms.